The summed E-state index contributed by atoms with van der Waals surface area (Å²) >= 11 is 4.65. The van der Waals surface area contributed by atoms with Gasteiger partial charge in [0.2, 0.25) is 6.19 Å². The fourth-order valence-electron chi connectivity index (χ4n) is 3.73. The summed E-state index contributed by atoms with van der Waals surface area (Å²) in [5, 5.41) is 14.8. The van der Waals surface area contributed by atoms with Crippen molar-refractivity contribution in [1.29, 1.82) is 5.26 Å². The molecule has 1 aromatic heterocycles. The van der Waals surface area contributed by atoms with Crippen LogP contribution in [0.1, 0.15) is 22.5 Å². The molecule has 2 amide bonds. The van der Waals surface area contributed by atoms with Crippen molar-refractivity contribution >= 4 is 56.3 Å². The lowest BCUT2D eigenvalue weighted by Crippen LogP contribution is -2.57. The molecule has 0 spiro atoms. The fraction of sp³-hybridized carbons (Fsp3) is 0.364. The van der Waals surface area contributed by atoms with Gasteiger partial charge in [-0.3, -0.25) is 9.59 Å². The summed E-state index contributed by atoms with van der Waals surface area (Å²) < 4.78 is 11.8. The number of rotatable bonds is 5. The minimum absolute atomic E-state index is 0.108. The molecule has 4 rings (SSSR count). The van der Waals surface area contributed by atoms with E-state index in [-0.39, 0.29) is 18.4 Å². The highest BCUT2D eigenvalue weighted by Crippen LogP contribution is 2.26. The number of amides is 2. The van der Waals surface area contributed by atoms with Crippen LogP contribution >= 0.6 is 27.3 Å². The molecule has 33 heavy (non-hydrogen) atoms. The SMILES string of the molecule is N#C/N=C1\CCOCCN1c1ccc(NC(=O)[C@@]2(NC(=O)c3ccc(Br)s3)CCOC2)cc1. The average Bonchev–Trinajstić information content (AvgIpc) is 3.40. The van der Waals surface area contributed by atoms with Gasteiger partial charge >= 0.3 is 0 Å². The number of anilines is 2. The second-order valence-corrected chi connectivity index (χ2v) is 10.0. The van der Waals surface area contributed by atoms with Crippen LogP contribution in [0.15, 0.2) is 45.2 Å². The summed E-state index contributed by atoms with van der Waals surface area (Å²) in [6.45, 7) is 2.13. The molecule has 0 aliphatic carbocycles. The lowest BCUT2D eigenvalue weighted by atomic mass is 9.97. The first-order valence-electron chi connectivity index (χ1n) is 10.4. The number of benzene rings is 1. The summed E-state index contributed by atoms with van der Waals surface area (Å²) in [6, 6.07) is 10.8. The molecule has 172 valence electrons. The lowest BCUT2D eigenvalue weighted by molar-refractivity contribution is -0.122. The topological polar surface area (TPSA) is 116 Å². The molecule has 2 saturated heterocycles. The first-order valence-corrected chi connectivity index (χ1v) is 12.0. The van der Waals surface area contributed by atoms with Crippen LogP contribution in [0.25, 0.3) is 0 Å². The molecule has 1 atom stereocenters. The summed E-state index contributed by atoms with van der Waals surface area (Å²) in [7, 11) is 0. The maximum absolute atomic E-state index is 13.2. The third-order valence-corrected chi connectivity index (χ3v) is 7.09. The van der Waals surface area contributed by atoms with Crippen molar-refractivity contribution in [1.82, 2.24) is 5.32 Å². The highest BCUT2D eigenvalue weighted by atomic mass is 79.9. The Morgan fingerprint density at radius 3 is 2.64 bits per heavy atom. The molecule has 0 unspecified atom stereocenters. The van der Waals surface area contributed by atoms with Crippen LogP contribution in [-0.2, 0) is 14.3 Å². The number of aliphatic imine (C=N–C) groups is 1. The van der Waals surface area contributed by atoms with E-state index in [1.807, 2.05) is 23.2 Å². The zero-order valence-corrected chi connectivity index (χ0v) is 20.1. The second-order valence-electron chi connectivity index (χ2n) is 7.59. The molecule has 3 heterocycles. The Morgan fingerprint density at radius 1 is 1.15 bits per heavy atom. The molecule has 2 N–H and O–H groups in total. The molecule has 2 aromatic rings. The van der Waals surface area contributed by atoms with Gasteiger partial charge in [-0.2, -0.15) is 10.3 Å². The van der Waals surface area contributed by atoms with Crippen molar-refractivity contribution in [3.8, 4) is 6.19 Å². The van der Waals surface area contributed by atoms with Crippen molar-refractivity contribution < 1.29 is 19.1 Å². The number of halogens is 1. The van der Waals surface area contributed by atoms with Gasteiger partial charge in [0.15, 0.2) is 0 Å². The highest BCUT2D eigenvalue weighted by Gasteiger charge is 2.44. The van der Waals surface area contributed by atoms with E-state index in [2.05, 4.69) is 31.6 Å². The molecular formula is C22H22BrN5O4S. The van der Waals surface area contributed by atoms with Crippen LogP contribution in [0.5, 0.6) is 0 Å². The molecule has 2 aliphatic rings. The predicted octanol–water partition coefficient (Wildman–Crippen LogP) is 3.14. The van der Waals surface area contributed by atoms with Crippen LogP contribution in [0.4, 0.5) is 11.4 Å². The minimum Gasteiger partial charge on any atom is -0.379 e. The number of carbonyl (C=O) groups is 2. The van der Waals surface area contributed by atoms with E-state index in [4.69, 9.17) is 14.7 Å². The molecule has 2 aliphatic heterocycles. The van der Waals surface area contributed by atoms with Crippen molar-refractivity contribution in [3.63, 3.8) is 0 Å². The number of hydrogen-bond donors (Lipinski definition) is 2. The Bertz CT molecular complexity index is 1090. The molecule has 9 nitrogen and oxygen atoms in total. The Labute approximate surface area is 203 Å². The Kier molecular flexibility index (Phi) is 7.39. The zero-order valence-electron chi connectivity index (χ0n) is 17.7. The fourth-order valence-corrected chi connectivity index (χ4v) is 5.01. The Hall–Kier alpha value is -2.78. The van der Waals surface area contributed by atoms with Gasteiger partial charge in [0, 0.05) is 37.4 Å². The summed E-state index contributed by atoms with van der Waals surface area (Å²) in [5.74, 6) is 0.0118. The van der Waals surface area contributed by atoms with E-state index >= 15 is 0 Å². The van der Waals surface area contributed by atoms with Gasteiger partial charge in [0.05, 0.1) is 28.5 Å². The maximum Gasteiger partial charge on any atom is 0.262 e. The van der Waals surface area contributed by atoms with Crippen molar-refractivity contribution in [2.45, 2.75) is 18.4 Å². The van der Waals surface area contributed by atoms with E-state index in [1.54, 1.807) is 24.3 Å². The van der Waals surface area contributed by atoms with Gasteiger partial charge in [-0.05, 0) is 52.3 Å². The third-order valence-electron chi connectivity index (χ3n) is 5.46. The Morgan fingerprint density at radius 2 is 1.97 bits per heavy atom. The minimum atomic E-state index is -1.14. The number of ether oxygens (including phenoxy) is 2. The predicted molar refractivity (Wildman–Crippen MR) is 129 cm³/mol. The van der Waals surface area contributed by atoms with Gasteiger partial charge in [0.1, 0.15) is 11.4 Å². The molecule has 0 bridgehead atoms. The number of thiophene rings is 1. The summed E-state index contributed by atoms with van der Waals surface area (Å²) in [5.41, 5.74) is 0.303. The quantitative estimate of drug-likeness (QED) is 0.572. The van der Waals surface area contributed by atoms with Crippen LogP contribution in [0.2, 0.25) is 0 Å². The van der Waals surface area contributed by atoms with Crippen LogP contribution in [0, 0.1) is 11.5 Å². The summed E-state index contributed by atoms with van der Waals surface area (Å²) in [4.78, 5) is 32.3. The summed E-state index contributed by atoms with van der Waals surface area (Å²) in [6.07, 6.45) is 2.79. The molecule has 11 heteroatoms. The number of nitriles is 1. The van der Waals surface area contributed by atoms with Crippen molar-refractivity contribution in [2.24, 2.45) is 4.99 Å². The normalized spacial score (nSPS) is 21.9. The van der Waals surface area contributed by atoms with Gasteiger partial charge in [-0.15, -0.1) is 11.3 Å². The third kappa shape index (κ3) is 5.42. The van der Waals surface area contributed by atoms with Crippen LogP contribution < -0.4 is 15.5 Å². The lowest BCUT2D eigenvalue weighted by Gasteiger charge is -2.27. The van der Waals surface area contributed by atoms with E-state index in [0.717, 1.165) is 9.47 Å². The van der Waals surface area contributed by atoms with Gasteiger partial charge in [-0.1, -0.05) is 0 Å². The molecular weight excluding hydrogens is 510 g/mol. The smallest absolute Gasteiger partial charge is 0.262 e. The first kappa shape index (κ1) is 23.4. The van der Waals surface area contributed by atoms with Crippen LogP contribution in [0.3, 0.4) is 0 Å². The first-order chi connectivity index (χ1) is 16.0. The monoisotopic (exact) mass is 531 g/mol. The van der Waals surface area contributed by atoms with Gasteiger partial charge in [-0.25, -0.2) is 0 Å². The number of amidine groups is 1. The number of carbonyl (C=O) groups excluding carboxylic acids is 2. The maximum atomic E-state index is 13.2. The number of nitrogens with one attached hydrogen (secondary N) is 2. The number of hydrogen-bond acceptors (Lipinski definition) is 7. The second kappa shape index (κ2) is 10.4. The largest absolute Gasteiger partial charge is 0.379 e. The highest BCUT2D eigenvalue weighted by molar-refractivity contribution is 9.11. The van der Waals surface area contributed by atoms with E-state index in [0.29, 0.717) is 55.6 Å². The molecule has 0 radical (unpaired) electrons. The average molecular weight is 532 g/mol. The van der Waals surface area contributed by atoms with Crippen LogP contribution in [-0.4, -0.2) is 56.2 Å². The standard InChI is InChI=1S/C22H22BrN5O4S/c23-18-6-5-17(33-18)20(29)27-22(8-11-32-13-22)21(30)26-15-1-3-16(4-2-15)28-9-12-31-10-7-19(28)25-14-24/h1-6H,7-13H2,(H,26,30)(H,27,29)/b25-19+/t22-/m1/s1. The molecule has 0 saturated carbocycles. The van der Waals surface area contributed by atoms with E-state index < -0.39 is 5.54 Å². The van der Waals surface area contributed by atoms with Gasteiger partial charge < -0.3 is 25.0 Å². The van der Waals surface area contributed by atoms with E-state index in [1.165, 1.54) is 11.3 Å². The van der Waals surface area contributed by atoms with Gasteiger partial charge in [0.25, 0.3) is 11.8 Å². The number of nitrogens with zero attached hydrogens (tertiary/aromatic N) is 3. The molecule has 1 aromatic carbocycles. The van der Waals surface area contributed by atoms with Crippen molar-refractivity contribution in [3.05, 3.63) is 45.1 Å². The van der Waals surface area contributed by atoms with Crippen molar-refractivity contribution in [2.75, 3.05) is 43.2 Å². The molecule has 2 fully saturated rings. The van der Waals surface area contributed by atoms with E-state index in [9.17, 15) is 9.59 Å². The Balaban J connectivity index is 1.47. The zero-order chi connectivity index (χ0) is 23.3.